The molecule has 8 heteroatoms. The molecule has 1 saturated heterocycles. The van der Waals surface area contributed by atoms with Gasteiger partial charge in [-0.05, 0) is 42.2 Å². The number of hydrogen-bond acceptors (Lipinski definition) is 7. The fourth-order valence-corrected chi connectivity index (χ4v) is 4.42. The van der Waals surface area contributed by atoms with Gasteiger partial charge in [0.15, 0.2) is 8.32 Å². The van der Waals surface area contributed by atoms with E-state index in [1.54, 1.807) is 12.2 Å². The van der Waals surface area contributed by atoms with Crippen molar-refractivity contribution < 1.29 is 28.3 Å². The first-order chi connectivity index (χ1) is 13.9. The Morgan fingerprint density at radius 2 is 1.90 bits per heavy atom. The number of nitrogens with zero attached hydrogens (tertiary/aromatic N) is 1. The van der Waals surface area contributed by atoms with E-state index in [1.165, 1.54) is 6.92 Å². The van der Waals surface area contributed by atoms with Crippen LogP contribution in [0.3, 0.4) is 0 Å². The van der Waals surface area contributed by atoms with Crippen LogP contribution in [0.5, 0.6) is 5.75 Å². The first-order valence-electron chi connectivity index (χ1n) is 10.3. The fourth-order valence-electron chi connectivity index (χ4n) is 3.07. The van der Waals surface area contributed by atoms with Crippen LogP contribution < -0.4 is 4.74 Å². The van der Waals surface area contributed by atoms with Gasteiger partial charge in [0, 0.05) is 6.92 Å². The van der Waals surface area contributed by atoms with E-state index in [0.29, 0.717) is 13.0 Å². The van der Waals surface area contributed by atoms with E-state index in [1.807, 2.05) is 24.3 Å². The van der Waals surface area contributed by atoms with E-state index in [-0.39, 0.29) is 42.2 Å². The minimum absolute atomic E-state index is 0.0201. The highest BCUT2D eigenvalue weighted by molar-refractivity contribution is 6.74. The minimum Gasteiger partial charge on any atom is -0.497 e. The molecule has 0 bridgehead atoms. The number of ether oxygens (including phenoxy) is 2. The first-order valence-corrected chi connectivity index (χ1v) is 13.2. The highest BCUT2D eigenvalue weighted by atomic mass is 28.4. The summed E-state index contributed by atoms with van der Waals surface area (Å²) in [5, 5.41) is 1.73. The number of esters is 1. The van der Waals surface area contributed by atoms with Gasteiger partial charge in [-0.2, -0.15) is 0 Å². The monoisotopic (exact) mass is 437 g/mol. The Labute approximate surface area is 180 Å². The first kappa shape index (κ1) is 24.4. The predicted molar refractivity (Wildman–Crippen MR) is 116 cm³/mol. The Balaban J connectivity index is 2.11. The van der Waals surface area contributed by atoms with Crippen LogP contribution in [0, 0.1) is 0 Å². The lowest BCUT2D eigenvalue weighted by atomic mass is 10.1. The van der Waals surface area contributed by atoms with Gasteiger partial charge in [-0.15, -0.1) is 5.06 Å². The van der Waals surface area contributed by atoms with Crippen LogP contribution in [-0.2, 0) is 30.1 Å². The average Bonchev–Trinajstić information content (AvgIpc) is 2.98. The Bertz CT molecular complexity index is 728. The largest absolute Gasteiger partial charge is 0.497 e. The number of hydroxylamine groups is 2. The molecule has 7 nitrogen and oxygen atoms in total. The standard InChI is InChI=1S/C22H35NO6Si/c1-16(24)27-15-20(29-30(6,7)22(2,3)4)12-18-13-21(25)28-23(18)14-17-8-10-19(26-5)11-9-17/h8-11,18,20H,12-15H2,1-7H3/t18-,20+/m1/s1. The molecule has 1 fully saturated rings. The summed E-state index contributed by atoms with van der Waals surface area (Å²) in [6.07, 6.45) is 0.530. The summed E-state index contributed by atoms with van der Waals surface area (Å²) in [5.74, 6) is 0.178. The van der Waals surface area contributed by atoms with Crippen LogP contribution in [0.4, 0.5) is 0 Å². The molecule has 0 unspecified atom stereocenters. The zero-order valence-corrected chi connectivity index (χ0v) is 20.2. The summed E-state index contributed by atoms with van der Waals surface area (Å²) in [6, 6.07) is 7.51. The molecule has 1 aromatic carbocycles. The molecule has 1 heterocycles. The third-order valence-corrected chi connectivity index (χ3v) is 10.3. The van der Waals surface area contributed by atoms with E-state index in [4.69, 9.17) is 18.7 Å². The van der Waals surface area contributed by atoms with Crippen LogP contribution in [0.1, 0.15) is 46.1 Å². The maximum atomic E-state index is 12.0. The summed E-state index contributed by atoms with van der Waals surface area (Å²) < 4.78 is 17.0. The molecular weight excluding hydrogens is 402 g/mol. The highest BCUT2D eigenvalue weighted by Gasteiger charge is 2.41. The summed E-state index contributed by atoms with van der Waals surface area (Å²) in [6.45, 7) is 12.9. The summed E-state index contributed by atoms with van der Waals surface area (Å²) in [7, 11) is -0.461. The van der Waals surface area contributed by atoms with E-state index < -0.39 is 8.32 Å². The van der Waals surface area contributed by atoms with Gasteiger partial charge in [0.25, 0.3) is 0 Å². The maximum absolute atomic E-state index is 12.0. The van der Waals surface area contributed by atoms with Gasteiger partial charge < -0.3 is 18.7 Å². The zero-order valence-electron chi connectivity index (χ0n) is 19.2. The molecular formula is C22H35NO6Si. The molecule has 0 spiro atoms. The molecule has 0 radical (unpaired) electrons. The van der Waals surface area contributed by atoms with Crippen LogP contribution in [0.25, 0.3) is 0 Å². The van der Waals surface area contributed by atoms with Gasteiger partial charge in [-0.25, -0.2) is 0 Å². The lowest BCUT2D eigenvalue weighted by Crippen LogP contribution is -2.46. The second-order valence-corrected chi connectivity index (χ2v) is 14.0. The highest BCUT2D eigenvalue weighted by Crippen LogP contribution is 2.38. The molecule has 2 atom stereocenters. The van der Waals surface area contributed by atoms with E-state index in [9.17, 15) is 9.59 Å². The van der Waals surface area contributed by atoms with Crippen molar-refractivity contribution in [2.45, 2.75) is 77.4 Å². The topological polar surface area (TPSA) is 74.3 Å². The quantitative estimate of drug-likeness (QED) is 0.426. The van der Waals surface area contributed by atoms with E-state index >= 15 is 0 Å². The second-order valence-electron chi connectivity index (χ2n) is 9.28. The molecule has 1 aromatic rings. The predicted octanol–water partition coefficient (Wildman–Crippen LogP) is 4.07. The average molecular weight is 438 g/mol. The molecule has 1 aliphatic rings. The molecule has 0 N–H and O–H groups in total. The number of rotatable bonds is 9. The molecule has 0 aromatic heterocycles. The number of hydrogen-bond donors (Lipinski definition) is 0. The molecule has 0 saturated carbocycles. The Morgan fingerprint density at radius 3 is 2.43 bits per heavy atom. The minimum atomic E-state index is -2.09. The van der Waals surface area contributed by atoms with Gasteiger partial charge in [0.05, 0.1) is 32.2 Å². The van der Waals surface area contributed by atoms with Crippen LogP contribution in [-0.4, -0.2) is 51.2 Å². The van der Waals surface area contributed by atoms with E-state index in [2.05, 4.69) is 33.9 Å². The van der Waals surface area contributed by atoms with Crippen molar-refractivity contribution >= 4 is 20.3 Å². The Kier molecular flexibility index (Phi) is 8.07. The summed E-state index contributed by atoms with van der Waals surface area (Å²) in [5.41, 5.74) is 1.01. The lowest BCUT2D eigenvalue weighted by Gasteiger charge is -2.40. The smallest absolute Gasteiger partial charge is 0.326 e. The number of methoxy groups -OCH3 is 1. The zero-order chi connectivity index (χ0) is 22.5. The number of carbonyl (C=O) groups is 2. The molecule has 30 heavy (non-hydrogen) atoms. The third kappa shape index (κ3) is 6.82. The molecule has 2 rings (SSSR count). The van der Waals surface area contributed by atoms with E-state index in [0.717, 1.165) is 11.3 Å². The lowest BCUT2D eigenvalue weighted by molar-refractivity contribution is -0.179. The molecule has 1 aliphatic heterocycles. The third-order valence-electron chi connectivity index (χ3n) is 5.80. The van der Waals surface area contributed by atoms with Gasteiger partial charge in [-0.1, -0.05) is 32.9 Å². The van der Waals surface area contributed by atoms with Crippen molar-refractivity contribution in [1.82, 2.24) is 5.06 Å². The summed E-state index contributed by atoms with van der Waals surface area (Å²) in [4.78, 5) is 28.9. The van der Waals surface area contributed by atoms with Crippen molar-refractivity contribution in [3.8, 4) is 5.75 Å². The van der Waals surface area contributed by atoms with Gasteiger partial charge in [-0.3, -0.25) is 9.59 Å². The molecule has 0 aliphatic carbocycles. The van der Waals surface area contributed by atoms with Crippen molar-refractivity contribution in [3.63, 3.8) is 0 Å². The van der Waals surface area contributed by atoms with Crippen LogP contribution in [0.15, 0.2) is 24.3 Å². The van der Waals surface area contributed by atoms with Crippen molar-refractivity contribution in [2.75, 3.05) is 13.7 Å². The second kappa shape index (κ2) is 9.94. The normalized spacial score (nSPS) is 18.8. The summed E-state index contributed by atoms with van der Waals surface area (Å²) >= 11 is 0. The maximum Gasteiger partial charge on any atom is 0.326 e. The van der Waals surface area contributed by atoms with Crippen molar-refractivity contribution in [3.05, 3.63) is 29.8 Å². The van der Waals surface area contributed by atoms with Gasteiger partial charge in [0.2, 0.25) is 0 Å². The SMILES string of the molecule is COc1ccc(CN2OC(=O)C[C@H]2C[C@@H](COC(C)=O)O[Si](C)(C)C(C)(C)C)cc1. The van der Waals surface area contributed by atoms with Crippen molar-refractivity contribution in [1.29, 1.82) is 0 Å². The molecule has 0 amide bonds. The number of carbonyl (C=O) groups excluding carboxylic acids is 2. The number of benzene rings is 1. The van der Waals surface area contributed by atoms with Crippen molar-refractivity contribution in [2.24, 2.45) is 0 Å². The Hall–Kier alpha value is -1.90. The van der Waals surface area contributed by atoms with Crippen LogP contribution in [0.2, 0.25) is 18.1 Å². The Morgan fingerprint density at radius 1 is 1.27 bits per heavy atom. The molecule has 168 valence electrons. The van der Waals surface area contributed by atoms with Gasteiger partial charge in [0.1, 0.15) is 12.4 Å². The fraction of sp³-hybridized carbons (Fsp3) is 0.636. The van der Waals surface area contributed by atoms with Gasteiger partial charge >= 0.3 is 11.9 Å². The van der Waals surface area contributed by atoms with Crippen LogP contribution >= 0.6 is 0 Å².